The Hall–Kier alpha value is -3.17. The standard InChI is InChI=1S/C29H27N2O/c1-17-14-23-22-6-4-5-7-24(22)31-25-16-21(19-9-12-32-13-10-19)15-20-8-11-30(3)29(27(20)25)26(18(17)2)28(23)31/h4-8,11,14-16,19H,9-10,12-13H2,1-3H3/q+1. The molecule has 3 aromatic carbocycles. The molecule has 0 spiro atoms. The first-order valence-electron chi connectivity index (χ1n) is 11.7. The zero-order valence-electron chi connectivity index (χ0n) is 18.9. The molecular weight excluding hydrogens is 392 g/mol. The minimum absolute atomic E-state index is 0.570. The van der Waals surface area contributed by atoms with Crippen LogP contribution in [0.4, 0.5) is 0 Å². The molecule has 0 unspecified atom stereocenters. The van der Waals surface area contributed by atoms with Gasteiger partial charge in [-0.25, -0.2) is 4.57 Å². The highest BCUT2D eigenvalue weighted by molar-refractivity contribution is 6.26. The lowest BCUT2D eigenvalue weighted by Gasteiger charge is -2.23. The SMILES string of the molecule is Cc1cc2c3ccccc3n3c4cc(C5CCOCC5)cc5cc[n+](C)c(c(c1C)c23)c54. The zero-order valence-corrected chi connectivity index (χ0v) is 18.9. The van der Waals surface area contributed by atoms with Crippen molar-refractivity contribution in [1.82, 2.24) is 4.40 Å². The van der Waals surface area contributed by atoms with Crippen molar-refractivity contribution in [3.05, 3.63) is 71.4 Å². The fourth-order valence-electron chi connectivity index (χ4n) is 6.15. The molecule has 158 valence electrons. The molecule has 6 aromatic rings. The molecule has 0 aliphatic carbocycles. The van der Waals surface area contributed by atoms with Gasteiger partial charge in [-0.2, -0.15) is 0 Å². The van der Waals surface area contributed by atoms with Gasteiger partial charge in [-0.3, -0.25) is 0 Å². The van der Waals surface area contributed by atoms with Gasteiger partial charge in [0.25, 0.3) is 0 Å². The summed E-state index contributed by atoms with van der Waals surface area (Å²) in [6, 6.07) is 18.5. The number of ether oxygens (including phenoxy) is 1. The van der Waals surface area contributed by atoms with E-state index < -0.39 is 0 Å². The second-order valence-electron chi connectivity index (χ2n) is 9.61. The van der Waals surface area contributed by atoms with Gasteiger partial charge in [0.15, 0.2) is 6.20 Å². The van der Waals surface area contributed by atoms with E-state index >= 15 is 0 Å². The number of pyridine rings is 2. The molecule has 1 aliphatic heterocycles. The first-order chi connectivity index (χ1) is 15.6. The molecule has 32 heavy (non-hydrogen) atoms. The number of rotatable bonds is 1. The third-order valence-corrected chi connectivity index (χ3v) is 7.89. The summed E-state index contributed by atoms with van der Waals surface area (Å²) in [6.45, 7) is 6.27. The van der Waals surface area contributed by atoms with E-state index in [0.29, 0.717) is 5.92 Å². The van der Waals surface area contributed by atoms with Crippen LogP contribution in [0.3, 0.4) is 0 Å². The van der Waals surface area contributed by atoms with Gasteiger partial charge in [0.1, 0.15) is 7.05 Å². The van der Waals surface area contributed by atoms with Crippen molar-refractivity contribution < 1.29 is 9.30 Å². The Morgan fingerprint density at radius 2 is 1.72 bits per heavy atom. The van der Waals surface area contributed by atoms with Crippen molar-refractivity contribution >= 4 is 49.0 Å². The quantitative estimate of drug-likeness (QED) is 0.173. The van der Waals surface area contributed by atoms with Gasteiger partial charge in [0, 0.05) is 30.1 Å². The van der Waals surface area contributed by atoms with Gasteiger partial charge < -0.3 is 9.14 Å². The van der Waals surface area contributed by atoms with Crippen LogP contribution >= 0.6 is 0 Å². The first kappa shape index (κ1) is 18.4. The van der Waals surface area contributed by atoms with Crippen LogP contribution in [0.15, 0.2) is 54.7 Å². The summed E-state index contributed by atoms with van der Waals surface area (Å²) >= 11 is 0. The number of nitrogens with zero attached hydrogens (tertiary/aromatic N) is 2. The molecule has 3 heteroatoms. The van der Waals surface area contributed by atoms with E-state index in [1.807, 2.05) is 0 Å². The van der Waals surface area contributed by atoms with E-state index in [2.05, 4.69) is 84.6 Å². The highest BCUT2D eigenvalue weighted by Gasteiger charge is 2.26. The Morgan fingerprint density at radius 1 is 0.906 bits per heavy atom. The molecule has 3 nitrogen and oxygen atoms in total. The summed E-state index contributed by atoms with van der Waals surface area (Å²) in [7, 11) is 2.19. The molecule has 1 aliphatic rings. The van der Waals surface area contributed by atoms with Crippen molar-refractivity contribution in [2.75, 3.05) is 13.2 Å². The molecule has 0 atom stereocenters. The largest absolute Gasteiger partial charge is 0.381 e. The maximum Gasteiger partial charge on any atom is 0.224 e. The molecule has 0 amide bonds. The van der Waals surface area contributed by atoms with Crippen molar-refractivity contribution in [3.63, 3.8) is 0 Å². The van der Waals surface area contributed by atoms with Crippen molar-refractivity contribution in [3.8, 4) is 0 Å². The zero-order chi connectivity index (χ0) is 21.6. The van der Waals surface area contributed by atoms with Gasteiger partial charge in [-0.05, 0) is 72.9 Å². The third kappa shape index (κ3) is 2.27. The maximum atomic E-state index is 5.67. The Balaban J connectivity index is 1.79. The topological polar surface area (TPSA) is 17.5 Å². The highest BCUT2D eigenvalue weighted by Crippen LogP contribution is 2.42. The predicted octanol–water partition coefficient (Wildman–Crippen LogP) is 6.33. The van der Waals surface area contributed by atoms with Crippen molar-refractivity contribution in [2.45, 2.75) is 32.6 Å². The number of hydrogen-bond acceptors (Lipinski definition) is 1. The van der Waals surface area contributed by atoms with Crippen LogP contribution in [0.5, 0.6) is 0 Å². The number of benzene rings is 3. The Labute approximate surface area is 187 Å². The Kier molecular flexibility index (Phi) is 3.70. The van der Waals surface area contributed by atoms with Crippen LogP contribution in [-0.2, 0) is 11.8 Å². The molecule has 4 heterocycles. The van der Waals surface area contributed by atoms with Crippen molar-refractivity contribution in [1.29, 1.82) is 0 Å². The average molecular weight is 420 g/mol. The average Bonchev–Trinajstić information content (AvgIpc) is 3.15. The Bertz CT molecular complexity index is 1690. The van der Waals surface area contributed by atoms with Gasteiger partial charge in [-0.1, -0.05) is 24.3 Å². The molecule has 1 saturated heterocycles. The highest BCUT2D eigenvalue weighted by atomic mass is 16.5. The summed E-state index contributed by atoms with van der Waals surface area (Å²) < 4.78 is 10.5. The molecule has 3 aromatic heterocycles. The number of para-hydroxylation sites is 1. The second-order valence-corrected chi connectivity index (χ2v) is 9.61. The van der Waals surface area contributed by atoms with E-state index in [1.165, 1.54) is 65.7 Å². The predicted molar refractivity (Wildman–Crippen MR) is 132 cm³/mol. The molecule has 1 fully saturated rings. The second kappa shape index (κ2) is 6.43. The van der Waals surface area contributed by atoms with Gasteiger partial charge in [0.2, 0.25) is 5.52 Å². The smallest absolute Gasteiger partial charge is 0.224 e. The Morgan fingerprint density at radius 3 is 2.56 bits per heavy atom. The summed E-state index contributed by atoms with van der Waals surface area (Å²) in [6.07, 6.45) is 4.45. The monoisotopic (exact) mass is 419 g/mol. The summed E-state index contributed by atoms with van der Waals surface area (Å²) in [5.74, 6) is 0.570. The lowest BCUT2D eigenvalue weighted by Crippen LogP contribution is -2.29. The summed E-state index contributed by atoms with van der Waals surface area (Å²) in [5.41, 5.74) is 9.52. The summed E-state index contributed by atoms with van der Waals surface area (Å²) in [4.78, 5) is 0. The van der Waals surface area contributed by atoms with Crippen LogP contribution in [0.1, 0.15) is 35.4 Å². The lowest BCUT2D eigenvalue weighted by molar-refractivity contribution is -0.643. The summed E-state index contributed by atoms with van der Waals surface area (Å²) in [5, 5.41) is 6.80. The minimum Gasteiger partial charge on any atom is -0.381 e. The minimum atomic E-state index is 0.570. The van der Waals surface area contributed by atoms with Gasteiger partial charge in [0.05, 0.1) is 27.3 Å². The number of fused-ring (bicyclic) bond motifs is 5. The van der Waals surface area contributed by atoms with Gasteiger partial charge >= 0.3 is 0 Å². The maximum absolute atomic E-state index is 5.67. The van der Waals surface area contributed by atoms with E-state index in [9.17, 15) is 0 Å². The third-order valence-electron chi connectivity index (χ3n) is 7.89. The van der Waals surface area contributed by atoms with Crippen LogP contribution in [0.2, 0.25) is 0 Å². The molecule has 0 saturated carbocycles. The molecule has 0 bridgehead atoms. The normalized spacial score (nSPS) is 15.8. The molecule has 0 radical (unpaired) electrons. The van der Waals surface area contributed by atoms with Gasteiger partial charge in [-0.15, -0.1) is 0 Å². The fourth-order valence-corrected chi connectivity index (χ4v) is 6.15. The number of aromatic nitrogens is 2. The number of hydrogen-bond donors (Lipinski definition) is 0. The van der Waals surface area contributed by atoms with Crippen LogP contribution in [0, 0.1) is 13.8 Å². The molecule has 0 N–H and O–H groups in total. The first-order valence-corrected chi connectivity index (χ1v) is 11.7. The van der Waals surface area contributed by atoms with Crippen LogP contribution < -0.4 is 4.57 Å². The van der Waals surface area contributed by atoms with Crippen LogP contribution in [0.25, 0.3) is 49.0 Å². The van der Waals surface area contributed by atoms with Crippen molar-refractivity contribution in [2.24, 2.45) is 7.05 Å². The van der Waals surface area contributed by atoms with E-state index in [1.54, 1.807) is 0 Å². The molecule has 7 rings (SSSR count). The molecular formula is C29H27N2O+. The van der Waals surface area contributed by atoms with E-state index in [0.717, 1.165) is 26.1 Å². The van der Waals surface area contributed by atoms with Crippen LogP contribution in [-0.4, -0.2) is 17.6 Å². The number of aryl methyl sites for hydroxylation is 3. The van der Waals surface area contributed by atoms with E-state index in [4.69, 9.17) is 4.74 Å². The lowest BCUT2D eigenvalue weighted by atomic mass is 9.89. The van der Waals surface area contributed by atoms with E-state index in [-0.39, 0.29) is 0 Å². The fraction of sp³-hybridized carbons (Fsp3) is 0.276.